The summed E-state index contributed by atoms with van der Waals surface area (Å²) in [6, 6.07) is 8.13. The molecule has 3 rings (SSSR count). The summed E-state index contributed by atoms with van der Waals surface area (Å²) in [5.74, 6) is 1.34. The van der Waals surface area contributed by atoms with Crippen LogP contribution < -0.4 is 10.2 Å². The minimum absolute atomic E-state index is 0.258. The molecule has 0 aliphatic carbocycles. The number of nitrogens with zero attached hydrogens (tertiary/aromatic N) is 2. The Bertz CT molecular complexity index is 885. The van der Waals surface area contributed by atoms with E-state index in [-0.39, 0.29) is 19.3 Å². The van der Waals surface area contributed by atoms with Crippen molar-refractivity contribution in [3.8, 4) is 5.88 Å². The van der Waals surface area contributed by atoms with E-state index in [1.165, 1.54) is 11.8 Å². The van der Waals surface area contributed by atoms with E-state index < -0.39 is 6.16 Å². The Kier molecular flexibility index (Phi) is 8.08. The van der Waals surface area contributed by atoms with Gasteiger partial charge in [-0.05, 0) is 44.5 Å². The Hall–Kier alpha value is -1.97. The summed E-state index contributed by atoms with van der Waals surface area (Å²) in [6.07, 6.45) is 4.09. The summed E-state index contributed by atoms with van der Waals surface area (Å²) in [7, 11) is -0.344. The van der Waals surface area contributed by atoms with Crippen molar-refractivity contribution < 1.29 is 23.6 Å². The molecule has 0 atom stereocenters. The summed E-state index contributed by atoms with van der Waals surface area (Å²) < 4.78 is 24.2. The molecule has 0 unspecified atom stereocenters. The normalized spacial score (nSPS) is 15.3. The monoisotopic (exact) mass is 446 g/mol. The molecule has 2 aromatic rings. The molecule has 0 radical (unpaired) electrons. The van der Waals surface area contributed by atoms with Crippen molar-refractivity contribution in [3.05, 3.63) is 35.7 Å². The summed E-state index contributed by atoms with van der Waals surface area (Å²) >= 11 is 1.46. The highest BCUT2D eigenvalue weighted by Crippen LogP contribution is 2.31. The topological polar surface area (TPSA) is 71.8 Å². The molecule has 1 aromatic heterocycles. The summed E-state index contributed by atoms with van der Waals surface area (Å²) in [4.78, 5) is 16.8. The van der Waals surface area contributed by atoms with Crippen molar-refractivity contribution in [3.63, 3.8) is 0 Å². The molecule has 0 N–H and O–H groups in total. The maximum absolute atomic E-state index is 12.0. The first kappa shape index (κ1) is 23.7. The zero-order chi connectivity index (χ0) is 22.4. The average molecular weight is 446 g/mol. The molecule has 9 heteroatoms. The van der Waals surface area contributed by atoms with Crippen LogP contribution in [0.2, 0.25) is 0 Å². The number of carbonyl (C=O) groups is 1. The fraction of sp³-hybridized carbons (Fsp3) is 0.545. The van der Waals surface area contributed by atoms with Gasteiger partial charge in [-0.2, -0.15) is 0 Å². The van der Waals surface area contributed by atoms with Crippen LogP contribution in [-0.4, -0.2) is 47.9 Å². The van der Waals surface area contributed by atoms with E-state index in [0.717, 1.165) is 36.1 Å². The number of benzene rings is 1. The van der Waals surface area contributed by atoms with Gasteiger partial charge in [-0.1, -0.05) is 37.6 Å². The second-order valence-corrected chi connectivity index (χ2v) is 8.87. The zero-order valence-corrected chi connectivity index (χ0v) is 19.8. The largest absolute Gasteiger partial charge is 0.515 e. The Morgan fingerprint density at radius 3 is 2.61 bits per heavy atom. The zero-order valence-electron chi connectivity index (χ0n) is 19.0. The van der Waals surface area contributed by atoms with Crippen molar-refractivity contribution in [2.75, 3.05) is 19.5 Å². The standard InChI is InChI=1S/C22H31BN2O5S/c1-6-8-9-18-24-19(31-5)20(29-21(26)27-7-2)25(18)14-16-10-12-17(13-11-16)23-28-15-22(3,4)30-23/h10-13H,6-9,14-15H2,1-5H3. The molecule has 1 aliphatic heterocycles. The molecular weight excluding hydrogens is 415 g/mol. The number of rotatable bonds is 9. The van der Waals surface area contributed by atoms with Gasteiger partial charge in [-0.25, -0.2) is 9.78 Å². The van der Waals surface area contributed by atoms with E-state index in [1.54, 1.807) is 6.92 Å². The third-order valence-corrected chi connectivity index (χ3v) is 5.61. The molecule has 0 amide bonds. The first-order valence-electron chi connectivity index (χ1n) is 10.7. The van der Waals surface area contributed by atoms with Gasteiger partial charge in [0.05, 0.1) is 25.4 Å². The van der Waals surface area contributed by atoms with Crippen molar-refractivity contribution in [1.29, 1.82) is 0 Å². The highest BCUT2D eigenvalue weighted by atomic mass is 32.2. The number of hydrogen-bond acceptors (Lipinski definition) is 7. The van der Waals surface area contributed by atoms with Crippen molar-refractivity contribution in [1.82, 2.24) is 9.55 Å². The minimum atomic E-state index is -0.713. The Morgan fingerprint density at radius 1 is 1.29 bits per heavy atom. The van der Waals surface area contributed by atoms with Gasteiger partial charge < -0.3 is 18.8 Å². The van der Waals surface area contributed by atoms with Gasteiger partial charge in [0.15, 0.2) is 5.03 Å². The van der Waals surface area contributed by atoms with Crippen LogP contribution in [0.3, 0.4) is 0 Å². The molecular formula is C22H31BN2O5S. The first-order valence-corrected chi connectivity index (χ1v) is 12.0. The van der Waals surface area contributed by atoms with E-state index >= 15 is 0 Å². The molecule has 1 aromatic carbocycles. The maximum Gasteiger partial charge on any atom is 0.515 e. The summed E-state index contributed by atoms with van der Waals surface area (Å²) in [5, 5.41) is 0.686. The highest BCUT2D eigenvalue weighted by Gasteiger charge is 2.38. The second kappa shape index (κ2) is 10.6. The van der Waals surface area contributed by atoms with Crippen LogP contribution in [0.5, 0.6) is 5.88 Å². The van der Waals surface area contributed by atoms with Gasteiger partial charge in [0.2, 0.25) is 5.88 Å². The number of carbonyl (C=O) groups excluding carboxylic acids is 1. The third-order valence-electron chi connectivity index (χ3n) is 4.96. The number of aromatic nitrogens is 2. The van der Waals surface area contributed by atoms with E-state index in [1.807, 2.05) is 48.9 Å². The lowest BCUT2D eigenvalue weighted by Crippen LogP contribution is -2.34. The smallest absolute Gasteiger partial charge is 0.434 e. The van der Waals surface area contributed by atoms with Gasteiger partial charge in [0, 0.05) is 6.42 Å². The fourth-order valence-corrected chi connectivity index (χ4v) is 3.89. The van der Waals surface area contributed by atoms with Gasteiger partial charge in [-0.15, -0.1) is 11.8 Å². The number of hydrogen-bond donors (Lipinski definition) is 0. The van der Waals surface area contributed by atoms with E-state index in [2.05, 4.69) is 6.92 Å². The van der Waals surface area contributed by atoms with Crippen LogP contribution in [0.15, 0.2) is 29.3 Å². The van der Waals surface area contributed by atoms with E-state index in [4.69, 9.17) is 23.8 Å². The Morgan fingerprint density at radius 2 is 2.03 bits per heavy atom. The van der Waals surface area contributed by atoms with Gasteiger partial charge in [0.25, 0.3) is 0 Å². The first-order chi connectivity index (χ1) is 14.9. The average Bonchev–Trinajstić information content (AvgIpc) is 3.27. The molecule has 1 aliphatic rings. The number of imidazole rings is 1. The predicted octanol–water partition coefficient (Wildman–Crippen LogP) is 4.05. The third kappa shape index (κ3) is 6.05. The minimum Gasteiger partial charge on any atom is -0.434 e. The SMILES string of the molecule is CCCCc1nc(SC)c(OC(=O)OCC)n1Cc1ccc(B2OCC(C)(C)O2)cc1. The fourth-order valence-electron chi connectivity index (χ4n) is 3.37. The molecule has 2 heterocycles. The molecule has 1 saturated heterocycles. The number of unbranched alkanes of at least 4 members (excludes halogenated alkanes) is 1. The van der Waals surface area contributed by atoms with Gasteiger partial charge in [-0.3, -0.25) is 4.57 Å². The molecule has 0 spiro atoms. The molecule has 31 heavy (non-hydrogen) atoms. The Labute approximate surface area is 188 Å². The number of ether oxygens (including phenoxy) is 2. The quantitative estimate of drug-likeness (QED) is 0.327. The van der Waals surface area contributed by atoms with E-state index in [0.29, 0.717) is 24.1 Å². The highest BCUT2D eigenvalue weighted by molar-refractivity contribution is 7.98. The lowest BCUT2D eigenvalue weighted by Gasteiger charge is -2.16. The molecule has 7 nitrogen and oxygen atoms in total. The van der Waals surface area contributed by atoms with Crippen molar-refractivity contribution >= 4 is 30.5 Å². The van der Waals surface area contributed by atoms with Crippen LogP contribution in [0.1, 0.15) is 51.9 Å². The number of thioether (sulfide) groups is 1. The second-order valence-electron chi connectivity index (χ2n) is 8.08. The van der Waals surface area contributed by atoms with Gasteiger partial charge in [0.1, 0.15) is 5.82 Å². The molecule has 168 valence electrons. The van der Waals surface area contributed by atoms with Crippen LogP contribution in [0.4, 0.5) is 4.79 Å². The summed E-state index contributed by atoms with van der Waals surface area (Å²) in [5.41, 5.74) is 1.78. The van der Waals surface area contributed by atoms with Crippen molar-refractivity contribution in [2.24, 2.45) is 0 Å². The number of aryl methyl sites for hydroxylation is 1. The molecule has 0 saturated carbocycles. The van der Waals surface area contributed by atoms with Crippen molar-refractivity contribution in [2.45, 2.75) is 64.1 Å². The van der Waals surface area contributed by atoms with Crippen LogP contribution in [-0.2, 0) is 27.0 Å². The van der Waals surface area contributed by atoms with E-state index in [9.17, 15) is 4.79 Å². The lowest BCUT2D eigenvalue weighted by atomic mass is 9.79. The van der Waals surface area contributed by atoms with Crippen LogP contribution >= 0.6 is 11.8 Å². The molecule has 1 fully saturated rings. The Balaban J connectivity index is 1.84. The maximum atomic E-state index is 12.0. The summed E-state index contributed by atoms with van der Waals surface area (Å²) in [6.45, 7) is 9.31. The predicted molar refractivity (Wildman–Crippen MR) is 122 cm³/mol. The lowest BCUT2D eigenvalue weighted by molar-refractivity contribution is 0.0998. The van der Waals surface area contributed by atoms with Crippen LogP contribution in [0, 0.1) is 0 Å². The van der Waals surface area contributed by atoms with Crippen LogP contribution in [0.25, 0.3) is 0 Å². The molecule has 0 bridgehead atoms. The van der Waals surface area contributed by atoms with Gasteiger partial charge >= 0.3 is 13.3 Å².